The summed E-state index contributed by atoms with van der Waals surface area (Å²) >= 11 is 0. The summed E-state index contributed by atoms with van der Waals surface area (Å²) in [7, 11) is 0. The van der Waals surface area contributed by atoms with Crippen molar-refractivity contribution in [3.05, 3.63) is 101 Å². The van der Waals surface area contributed by atoms with Gasteiger partial charge in [-0.15, -0.1) is 0 Å². The molecule has 0 aliphatic heterocycles. The number of aryl methyl sites for hydroxylation is 2. The van der Waals surface area contributed by atoms with Gasteiger partial charge in [0.1, 0.15) is 5.71 Å². The van der Waals surface area contributed by atoms with E-state index >= 15 is 0 Å². The third kappa shape index (κ3) is 6.71. The van der Waals surface area contributed by atoms with Crippen LogP contribution in [0, 0.1) is 13.8 Å². The minimum Gasteiger partial charge on any atom is -0.293 e. The lowest BCUT2D eigenvalue weighted by molar-refractivity contribution is -0.137. The second kappa shape index (κ2) is 9.82. The van der Waals surface area contributed by atoms with Gasteiger partial charge in [0.25, 0.3) is 0 Å². The molecule has 0 atom stereocenters. The summed E-state index contributed by atoms with van der Waals surface area (Å²) in [6, 6.07) is 22.0. The van der Waals surface area contributed by atoms with Gasteiger partial charge in [-0.2, -0.15) is 13.2 Å². The van der Waals surface area contributed by atoms with Gasteiger partial charge < -0.3 is 0 Å². The van der Waals surface area contributed by atoms with Crippen molar-refractivity contribution < 1.29 is 18.0 Å². The van der Waals surface area contributed by atoms with Crippen molar-refractivity contribution in [3.8, 4) is 0 Å². The topological polar surface area (TPSA) is 29.4 Å². The zero-order valence-electron chi connectivity index (χ0n) is 16.5. The standard InChI is InChI=1S/C17H14F3NO.C7H8/c1-11-6-3-4-9-15(11)16(12(2)22)21-14-8-5-7-13(10-14)17(18,19)20;1-7-5-3-2-4-6-7/h3-10H,1-2H3;2-6H,1H3. The normalized spacial score (nSPS) is 11.4. The summed E-state index contributed by atoms with van der Waals surface area (Å²) in [5, 5.41) is 0. The van der Waals surface area contributed by atoms with Crippen molar-refractivity contribution in [1.29, 1.82) is 0 Å². The number of aliphatic imine (C=N–C) groups is 1. The lowest BCUT2D eigenvalue weighted by Crippen LogP contribution is -2.13. The molecule has 0 aromatic heterocycles. The third-order valence-corrected chi connectivity index (χ3v) is 4.09. The molecule has 0 aliphatic rings. The first-order chi connectivity index (χ1) is 13.7. The van der Waals surface area contributed by atoms with Crippen LogP contribution in [-0.2, 0) is 11.0 Å². The van der Waals surface area contributed by atoms with Gasteiger partial charge in [0.05, 0.1) is 11.3 Å². The second-order valence-electron chi connectivity index (χ2n) is 6.53. The Hall–Kier alpha value is -3.21. The van der Waals surface area contributed by atoms with Crippen LogP contribution in [0.1, 0.15) is 29.2 Å². The van der Waals surface area contributed by atoms with Crippen molar-refractivity contribution in [2.75, 3.05) is 0 Å². The maximum absolute atomic E-state index is 12.7. The summed E-state index contributed by atoms with van der Waals surface area (Å²) in [5.41, 5.74) is 2.24. The average Bonchev–Trinajstić information content (AvgIpc) is 2.67. The van der Waals surface area contributed by atoms with Crippen LogP contribution in [-0.4, -0.2) is 11.5 Å². The Balaban J connectivity index is 0.000000360. The predicted octanol–water partition coefficient (Wildman–Crippen LogP) is 6.72. The van der Waals surface area contributed by atoms with Gasteiger partial charge in [-0.25, -0.2) is 4.99 Å². The van der Waals surface area contributed by atoms with Gasteiger partial charge in [-0.3, -0.25) is 4.79 Å². The predicted molar refractivity (Wildman–Crippen MR) is 111 cm³/mol. The molecule has 0 aliphatic carbocycles. The van der Waals surface area contributed by atoms with E-state index in [1.165, 1.54) is 24.6 Å². The van der Waals surface area contributed by atoms with Crippen LogP contribution in [0.3, 0.4) is 0 Å². The Morgan fingerprint density at radius 1 is 0.828 bits per heavy atom. The number of carbonyl (C=O) groups excluding carboxylic acids is 1. The summed E-state index contributed by atoms with van der Waals surface area (Å²) in [6.07, 6.45) is -4.44. The number of carbonyl (C=O) groups is 1. The summed E-state index contributed by atoms with van der Waals surface area (Å²) in [5.74, 6) is -0.299. The molecule has 0 spiro atoms. The number of halogens is 3. The first kappa shape index (κ1) is 22.1. The fourth-order valence-corrected chi connectivity index (χ4v) is 2.58. The van der Waals surface area contributed by atoms with Gasteiger partial charge >= 0.3 is 6.18 Å². The van der Waals surface area contributed by atoms with E-state index in [9.17, 15) is 18.0 Å². The van der Waals surface area contributed by atoms with E-state index in [1.54, 1.807) is 12.1 Å². The van der Waals surface area contributed by atoms with E-state index in [1.807, 2.05) is 37.3 Å². The first-order valence-corrected chi connectivity index (χ1v) is 9.03. The minimum atomic E-state index is -4.44. The van der Waals surface area contributed by atoms with Crippen LogP contribution in [0.15, 0.2) is 83.9 Å². The molecule has 0 bridgehead atoms. The van der Waals surface area contributed by atoms with Gasteiger partial charge in [0, 0.05) is 12.5 Å². The fourth-order valence-electron chi connectivity index (χ4n) is 2.58. The number of ketones is 1. The van der Waals surface area contributed by atoms with E-state index in [4.69, 9.17) is 0 Å². The molecule has 150 valence electrons. The monoisotopic (exact) mass is 397 g/mol. The van der Waals surface area contributed by atoms with Crippen molar-refractivity contribution in [2.24, 2.45) is 4.99 Å². The van der Waals surface area contributed by atoms with Crippen LogP contribution in [0.25, 0.3) is 0 Å². The van der Waals surface area contributed by atoms with E-state index in [0.717, 1.165) is 17.7 Å². The molecule has 0 saturated heterocycles. The Morgan fingerprint density at radius 3 is 1.97 bits per heavy atom. The number of hydrogen-bond donors (Lipinski definition) is 0. The molecule has 29 heavy (non-hydrogen) atoms. The van der Waals surface area contributed by atoms with Crippen molar-refractivity contribution in [3.63, 3.8) is 0 Å². The molecular formula is C24H22F3NO. The molecule has 5 heteroatoms. The summed E-state index contributed by atoms with van der Waals surface area (Å²) in [6.45, 7) is 5.25. The molecule has 0 fully saturated rings. The third-order valence-electron chi connectivity index (χ3n) is 4.09. The van der Waals surface area contributed by atoms with Crippen LogP contribution >= 0.6 is 0 Å². The van der Waals surface area contributed by atoms with Crippen molar-refractivity contribution >= 4 is 17.2 Å². The first-order valence-electron chi connectivity index (χ1n) is 9.03. The Labute approximate surface area is 168 Å². The number of hydrogen-bond acceptors (Lipinski definition) is 2. The lowest BCUT2D eigenvalue weighted by atomic mass is 10.0. The maximum atomic E-state index is 12.7. The molecule has 0 saturated carbocycles. The molecule has 3 aromatic carbocycles. The van der Waals surface area contributed by atoms with Crippen LogP contribution < -0.4 is 0 Å². The maximum Gasteiger partial charge on any atom is 0.416 e. The molecule has 0 heterocycles. The van der Waals surface area contributed by atoms with Crippen LogP contribution in [0.4, 0.5) is 18.9 Å². The van der Waals surface area contributed by atoms with Crippen molar-refractivity contribution in [2.45, 2.75) is 26.9 Å². The number of benzene rings is 3. The van der Waals surface area contributed by atoms with E-state index in [2.05, 4.69) is 24.0 Å². The highest BCUT2D eigenvalue weighted by atomic mass is 19.4. The Bertz CT molecular complexity index is 992. The number of Topliss-reactive ketones (excluding diaryl/α,β-unsaturated/α-hetero) is 1. The number of rotatable bonds is 3. The number of alkyl halides is 3. The quantitative estimate of drug-likeness (QED) is 0.451. The lowest BCUT2D eigenvalue weighted by Gasteiger charge is -2.09. The van der Waals surface area contributed by atoms with E-state index in [-0.39, 0.29) is 17.2 Å². The van der Waals surface area contributed by atoms with Crippen LogP contribution in [0.2, 0.25) is 0 Å². The van der Waals surface area contributed by atoms with E-state index in [0.29, 0.717) is 5.56 Å². The minimum absolute atomic E-state index is 0.100. The number of nitrogens with zero attached hydrogens (tertiary/aromatic N) is 1. The Kier molecular flexibility index (Phi) is 7.48. The van der Waals surface area contributed by atoms with Gasteiger partial charge in [0.15, 0.2) is 5.78 Å². The van der Waals surface area contributed by atoms with E-state index < -0.39 is 11.7 Å². The largest absolute Gasteiger partial charge is 0.416 e. The highest BCUT2D eigenvalue weighted by Crippen LogP contribution is 2.31. The molecule has 3 rings (SSSR count). The highest BCUT2D eigenvalue weighted by Gasteiger charge is 2.30. The Morgan fingerprint density at radius 2 is 1.45 bits per heavy atom. The highest BCUT2D eigenvalue weighted by molar-refractivity contribution is 6.46. The smallest absolute Gasteiger partial charge is 0.293 e. The molecule has 0 N–H and O–H groups in total. The van der Waals surface area contributed by atoms with Crippen LogP contribution in [0.5, 0.6) is 0 Å². The molecule has 0 unspecified atom stereocenters. The molecule has 2 nitrogen and oxygen atoms in total. The van der Waals surface area contributed by atoms with Gasteiger partial charge in [0.2, 0.25) is 0 Å². The average molecular weight is 397 g/mol. The van der Waals surface area contributed by atoms with Crippen molar-refractivity contribution in [1.82, 2.24) is 0 Å². The fraction of sp³-hybridized carbons (Fsp3) is 0.167. The SMILES string of the molecule is CC(=O)C(=Nc1cccc(C(F)(F)F)c1)c1ccccc1C.Cc1ccccc1. The molecule has 0 radical (unpaired) electrons. The van der Waals surface area contributed by atoms with Gasteiger partial charge in [-0.1, -0.05) is 66.2 Å². The second-order valence-corrected chi connectivity index (χ2v) is 6.53. The summed E-state index contributed by atoms with van der Waals surface area (Å²) < 4.78 is 38.2. The zero-order chi connectivity index (χ0) is 21.4. The molecule has 0 amide bonds. The summed E-state index contributed by atoms with van der Waals surface area (Å²) in [4.78, 5) is 16.0. The molecular weight excluding hydrogens is 375 g/mol. The van der Waals surface area contributed by atoms with Gasteiger partial charge in [-0.05, 0) is 37.6 Å². The molecule has 3 aromatic rings. The zero-order valence-corrected chi connectivity index (χ0v) is 16.5.